The Labute approximate surface area is 119 Å². The van der Waals surface area contributed by atoms with Crippen LogP contribution in [0.3, 0.4) is 0 Å². The molecule has 0 saturated carbocycles. The molecule has 1 N–H and O–H groups in total. The van der Waals surface area contributed by atoms with E-state index in [1.54, 1.807) is 6.92 Å². The van der Waals surface area contributed by atoms with Crippen molar-refractivity contribution in [3.05, 3.63) is 23.8 Å². The minimum atomic E-state index is -0.759. The molecule has 0 amide bonds. The first-order valence-corrected chi connectivity index (χ1v) is 6.93. The molecule has 1 atom stereocenters. The lowest BCUT2D eigenvalue weighted by molar-refractivity contribution is -0.141. The zero-order valence-electron chi connectivity index (χ0n) is 12.0. The van der Waals surface area contributed by atoms with Gasteiger partial charge in [0, 0.05) is 13.1 Å². The topological polar surface area (TPSA) is 59.0 Å². The molecule has 0 saturated heterocycles. The van der Waals surface area contributed by atoms with E-state index in [0.29, 0.717) is 26.3 Å². The monoisotopic (exact) mass is 279 g/mol. The maximum Gasteiger partial charge on any atom is 0.307 e. The normalized spacial score (nSPS) is 15.2. The molecular weight excluding hydrogens is 258 g/mol. The Morgan fingerprint density at radius 3 is 2.70 bits per heavy atom. The molecule has 1 unspecified atom stereocenters. The van der Waals surface area contributed by atoms with Gasteiger partial charge in [0.15, 0.2) is 11.5 Å². The van der Waals surface area contributed by atoms with Crippen LogP contribution in [0.15, 0.2) is 18.2 Å². The van der Waals surface area contributed by atoms with Gasteiger partial charge >= 0.3 is 5.97 Å². The number of aliphatic carboxylic acids is 1. The summed E-state index contributed by atoms with van der Waals surface area (Å²) in [5.74, 6) is 0.427. The minimum Gasteiger partial charge on any atom is -0.486 e. The zero-order chi connectivity index (χ0) is 14.5. The maximum absolute atomic E-state index is 10.9. The first-order chi connectivity index (χ1) is 9.60. The fraction of sp³-hybridized carbons (Fsp3) is 0.533. The summed E-state index contributed by atoms with van der Waals surface area (Å²) in [5, 5.41) is 8.99. The second-order valence-corrected chi connectivity index (χ2v) is 5.05. The molecule has 2 rings (SSSR count). The number of fused-ring (bicyclic) bond motifs is 1. The van der Waals surface area contributed by atoms with Gasteiger partial charge in [-0.2, -0.15) is 0 Å². The van der Waals surface area contributed by atoms with Crippen LogP contribution >= 0.6 is 0 Å². The van der Waals surface area contributed by atoms with Crippen LogP contribution in [0.1, 0.15) is 19.4 Å². The summed E-state index contributed by atoms with van der Waals surface area (Å²) in [7, 11) is 0. The highest BCUT2D eigenvalue weighted by Crippen LogP contribution is 2.31. The fourth-order valence-corrected chi connectivity index (χ4v) is 2.22. The molecule has 20 heavy (non-hydrogen) atoms. The number of hydrogen-bond donors (Lipinski definition) is 1. The number of carboxylic acids is 1. The molecule has 1 aromatic rings. The van der Waals surface area contributed by atoms with Crippen molar-refractivity contribution in [3.63, 3.8) is 0 Å². The van der Waals surface area contributed by atoms with Crippen LogP contribution in [0.2, 0.25) is 0 Å². The van der Waals surface area contributed by atoms with E-state index in [-0.39, 0.29) is 5.92 Å². The van der Waals surface area contributed by atoms with Crippen LogP contribution in [0.25, 0.3) is 0 Å². The number of rotatable bonds is 6. The minimum absolute atomic E-state index is 0.368. The summed E-state index contributed by atoms with van der Waals surface area (Å²) in [6, 6.07) is 5.89. The Morgan fingerprint density at radius 2 is 2.05 bits per heavy atom. The summed E-state index contributed by atoms with van der Waals surface area (Å²) in [6.45, 7) is 6.99. The third kappa shape index (κ3) is 3.63. The molecule has 1 aromatic carbocycles. The van der Waals surface area contributed by atoms with E-state index < -0.39 is 5.97 Å². The van der Waals surface area contributed by atoms with E-state index in [1.165, 1.54) is 0 Å². The predicted molar refractivity (Wildman–Crippen MR) is 75.2 cm³/mol. The van der Waals surface area contributed by atoms with E-state index in [0.717, 1.165) is 23.6 Å². The lowest BCUT2D eigenvalue weighted by Crippen LogP contribution is -2.31. The van der Waals surface area contributed by atoms with Crippen LogP contribution < -0.4 is 9.47 Å². The lowest BCUT2D eigenvalue weighted by Gasteiger charge is -2.24. The quantitative estimate of drug-likeness (QED) is 0.863. The van der Waals surface area contributed by atoms with Crippen molar-refractivity contribution in [2.75, 3.05) is 26.3 Å². The number of carbonyl (C=O) groups is 1. The van der Waals surface area contributed by atoms with Crippen LogP contribution in [0, 0.1) is 5.92 Å². The predicted octanol–water partition coefficient (Wildman–Crippen LogP) is 2.00. The van der Waals surface area contributed by atoms with Gasteiger partial charge in [0.05, 0.1) is 5.92 Å². The Kier molecular flexibility index (Phi) is 4.84. The molecule has 0 bridgehead atoms. The molecule has 0 fully saturated rings. The summed E-state index contributed by atoms with van der Waals surface area (Å²) in [5.41, 5.74) is 1.11. The van der Waals surface area contributed by atoms with Gasteiger partial charge < -0.3 is 14.6 Å². The van der Waals surface area contributed by atoms with Crippen LogP contribution in [0.5, 0.6) is 11.5 Å². The summed E-state index contributed by atoms with van der Waals surface area (Å²) >= 11 is 0. The van der Waals surface area contributed by atoms with Crippen molar-refractivity contribution < 1.29 is 19.4 Å². The van der Waals surface area contributed by atoms with Gasteiger partial charge in [0.2, 0.25) is 0 Å². The van der Waals surface area contributed by atoms with Crippen LogP contribution in [-0.2, 0) is 11.3 Å². The van der Waals surface area contributed by atoms with Crippen molar-refractivity contribution in [3.8, 4) is 11.5 Å². The van der Waals surface area contributed by atoms with E-state index in [4.69, 9.17) is 14.6 Å². The van der Waals surface area contributed by atoms with Crippen molar-refractivity contribution >= 4 is 5.97 Å². The molecule has 1 aliphatic heterocycles. The van der Waals surface area contributed by atoms with Gasteiger partial charge in [-0.25, -0.2) is 0 Å². The molecule has 110 valence electrons. The molecule has 5 nitrogen and oxygen atoms in total. The van der Waals surface area contributed by atoms with Crippen molar-refractivity contribution in [2.24, 2.45) is 5.92 Å². The Bertz CT molecular complexity index is 475. The molecule has 5 heteroatoms. The van der Waals surface area contributed by atoms with Crippen LogP contribution in [0.4, 0.5) is 0 Å². The summed E-state index contributed by atoms with van der Waals surface area (Å²) < 4.78 is 11.1. The number of ether oxygens (including phenoxy) is 2. The highest BCUT2D eigenvalue weighted by Gasteiger charge is 2.17. The average molecular weight is 279 g/mol. The molecule has 1 heterocycles. The average Bonchev–Trinajstić information content (AvgIpc) is 2.46. The van der Waals surface area contributed by atoms with Crippen molar-refractivity contribution in [2.45, 2.75) is 20.4 Å². The van der Waals surface area contributed by atoms with E-state index >= 15 is 0 Å². The molecule has 0 radical (unpaired) electrons. The largest absolute Gasteiger partial charge is 0.486 e. The Hall–Kier alpha value is -1.75. The number of benzene rings is 1. The second kappa shape index (κ2) is 6.61. The SMILES string of the molecule is CCN(Cc1ccc2c(c1)OCCO2)CC(C)C(=O)O. The first kappa shape index (κ1) is 14.7. The van der Waals surface area contributed by atoms with Gasteiger partial charge in [0.25, 0.3) is 0 Å². The third-order valence-corrected chi connectivity index (χ3v) is 3.41. The molecule has 1 aliphatic rings. The number of carboxylic acid groups (broad SMARTS) is 1. The van der Waals surface area contributed by atoms with Gasteiger partial charge in [-0.05, 0) is 24.2 Å². The second-order valence-electron chi connectivity index (χ2n) is 5.05. The molecule has 0 spiro atoms. The third-order valence-electron chi connectivity index (χ3n) is 3.41. The van der Waals surface area contributed by atoms with Crippen LogP contribution in [-0.4, -0.2) is 42.3 Å². The van der Waals surface area contributed by atoms with E-state index in [2.05, 4.69) is 4.90 Å². The van der Waals surface area contributed by atoms with Gasteiger partial charge in [0.1, 0.15) is 13.2 Å². The Balaban J connectivity index is 2.02. The van der Waals surface area contributed by atoms with Crippen molar-refractivity contribution in [1.82, 2.24) is 4.90 Å². The van der Waals surface area contributed by atoms with Gasteiger partial charge in [-0.1, -0.05) is 19.9 Å². The van der Waals surface area contributed by atoms with E-state index in [9.17, 15) is 4.79 Å². The summed E-state index contributed by atoms with van der Waals surface area (Å²) in [4.78, 5) is 13.0. The smallest absolute Gasteiger partial charge is 0.307 e. The highest BCUT2D eigenvalue weighted by molar-refractivity contribution is 5.69. The molecule has 0 aromatic heterocycles. The Morgan fingerprint density at radius 1 is 1.35 bits per heavy atom. The summed E-state index contributed by atoms with van der Waals surface area (Å²) in [6.07, 6.45) is 0. The van der Waals surface area contributed by atoms with Crippen molar-refractivity contribution in [1.29, 1.82) is 0 Å². The fourth-order valence-electron chi connectivity index (χ4n) is 2.22. The van der Waals surface area contributed by atoms with Gasteiger partial charge in [-0.15, -0.1) is 0 Å². The highest BCUT2D eigenvalue weighted by atomic mass is 16.6. The van der Waals surface area contributed by atoms with Gasteiger partial charge in [-0.3, -0.25) is 9.69 Å². The molecular formula is C15H21NO4. The first-order valence-electron chi connectivity index (χ1n) is 6.93. The molecule has 0 aliphatic carbocycles. The number of nitrogens with zero attached hydrogens (tertiary/aromatic N) is 1. The standard InChI is InChI=1S/C15H21NO4/c1-3-16(9-11(2)15(17)18)10-12-4-5-13-14(8-12)20-7-6-19-13/h4-5,8,11H,3,6-7,9-10H2,1-2H3,(H,17,18). The maximum atomic E-state index is 10.9. The number of hydrogen-bond acceptors (Lipinski definition) is 4. The van der Waals surface area contributed by atoms with E-state index in [1.807, 2.05) is 25.1 Å². The zero-order valence-corrected chi connectivity index (χ0v) is 12.0. The lowest BCUT2D eigenvalue weighted by atomic mass is 10.1.